The summed E-state index contributed by atoms with van der Waals surface area (Å²) in [6.07, 6.45) is 1.02. The molecular weight excluding hydrogens is 286 g/mol. The van der Waals surface area contributed by atoms with E-state index in [1.165, 1.54) is 0 Å². The van der Waals surface area contributed by atoms with E-state index in [1.807, 2.05) is 17.0 Å². The second-order valence-corrected chi connectivity index (χ2v) is 5.78. The lowest BCUT2D eigenvalue weighted by molar-refractivity contribution is 0.0644. The van der Waals surface area contributed by atoms with Gasteiger partial charge in [-0.1, -0.05) is 25.4 Å². The van der Waals surface area contributed by atoms with Crippen molar-refractivity contribution in [3.63, 3.8) is 0 Å². The number of nitrogens with zero attached hydrogens (tertiary/aromatic N) is 2. The topological polar surface area (TPSA) is 35.6 Å². The van der Waals surface area contributed by atoms with E-state index >= 15 is 0 Å². The van der Waals surface area contributed by atoms with Gasteiger partial charge < -0.3 is 15.1 Å². The van der Waals surface area contributed by atoms with Gasteiger partial charge in [0.2, 0.25) is 0 Å². The van der Waals surface area contributed by atoms with Crippen molar-refractivity contribution in [3.8, 4) is 0 Å². The summed E-state index contributed by atoms with van der Waals surface area (Å²) in [6, 6.07) is 5.49. The van der Waals surface area contributed by atoms with Gasteiger partial charge in [-0.2, -0.15) is 0 Å². The summed E-state index contributed by atoms with van der Waals surface area (Å²) in [6.45, 7) is 9.61. The fourth-order valence-corrected chi connectivity index (χ4v) is 2.72. The van der Waals surface area contributed by atoms with Crippen LogP contribution in [0.5, 0.6) is 0 Å². The first-order valence-electron chi connectivity index (χ1n) is 7.70. The summed E-state index contributed by atoms with van der Waals surface area (Å²) < 4.78 is 0. The number of amides is 1. The number of halogens is 1. The maximum atomic E-state index is 12.7. The molecule has 21 heavy (non-hydrogen) atoms. The zero-order valence-corrected chi connectivity index (χ0v) is 13.6. The molecule has 1 aromatic carbocycles. The predicted molar refractivity (Wildman–Crippen MR) is 88.3 cm³/mol. The first kappa shape index (κ1) is 16.1. The van der Waals surface area contributed by atoms with Crippen molar-refractivity contribution in [1.29, 1.82) is 0 Å². The molecule has 1 fully saturated rings. The molecule has 116 valence electrons. The van der Waals surface area contributed by atoms with Crippen LogP contribution in [-0.4, -0.2) is 55.0 Å². The smallest absolute Gasteiger partial charge is 0.256 e. The van der Waals surface area contributed by atoms with Crippen LogP contribution >= 0.6 is 11.6 Å². The number of likely N-dealkylation sites (N-methyl/N-ethyl adjacent to an activating group) is 1. The first-order valence-corrected chi connectivity index (χ1v) is 8.08. The van der Waals surface area contributed by atoms with Crippen LogP contribution in [0, 0.1) is 0 Å². The van der Waals surface area contributed by atoms with E-state index in [0.717, 1.165) is 51.4 Å². The molecular formula is C16H24ClN3O. The average molecular weight is 310 g/mol. The molecule has 4 nitrogen and oxygen atoms in total. The number of piperazine rings is 1. The van der Waals surface area contributed by atoms with E-state index in [1.54, 1.807) is 6.07 Å². The maximum Gasteiger partial charge on any atom is 0.256 e. The van der Waals surface area contributed by atoms with Gasteiger partial charge in [0, 0.05) is 43.4 Å². The van der Waals surface area contributed by atoms with Gasteiger partial charge in [0.25, 0.3) is 5.91 Å². The summed E-state index contributed by atoms with van der Waals surface area (Å²) in [4.78, 5) is 17.0. The molecule has 0 saturated carbocycles. The van der Waals surface area contributed by atoms with Crippen molar-refractivity contribution in [1.82, 2.24) is 9.80 Å². The highest BCUT2D eigenvalue weighted by molar-refractivity contribution is 6.31. The summed E-state index contributed by atoms with van der Waals surface area (Å²) >= 11 is 6.07. The number of hydrogen-bond donors (Lipinski definition) is 1. The Labute approximate surface area is 132 Å². The minimum absolute atomic E-state index is 0.0758. The molecule has 0 bridgehead atoms. The lowest BCUT2D eigenvalue weighted by atomic mass is 10.1. The zero-order chi connectivity index (χ0) is 15.2. The minimum Gasteiger partial charge on any atom is -0.384 e. The molecule has 5 heteroatoms. The maximum absolute atomic E-state index is 12.7. The summed E-state index contributed by atoms with van der Waals surface area (Å²) in [5.41, 5.74) is 1.56. The van der Waals surface area contributed by atoms with Gasteiger partial charge in [0.1, 0.15) is 0 Å². The third kappa shape index (κ3) is 4.11. The Morgan fingerprint density at radius 3 is 2.57 bits per heavy atom. The Morgan fingerprint density at radius 2 is 1.95 bits per heavy atom. The van der Waals surface area contributed by atoms with Crippen LogP contribution in [0.25, 0.3) is 0 Å². The number of carbonyl (C=O) groups is 1. The number of carbonyl (C=O) groups excluding carboxylic acids is 1. The third-order valence-corrected chi connectivity index (χ3v) is 4.12. The molecule has 0 unspecified atom stereocenters. The minimum atomic E-state index is 0.0758. The van der Waals surface area contributed by atoms with E-state index in [0.29, 0.717) is 10.6 Å². The van der Waals surface area contributed by atoms with E-state index in [-0.39, 0.29) is 5.91 Å². The van der Waals surface area contributed by atoms with E-state index < -0.39 is 0 Å². The van der Waals surface area contributed by atoms with Crippen LogP contribution in [0.4, 0.5) is 5.69 Å². The summed E-state index contributed by atoms with van der Waals surface area (Å²) in [7, 11) is 0. The van der Waals surface area contributed by atoms with Gasteiger partial charge >= 0.3 is 0 Å². The van der Waals surface area contributed by atoms with E-state index in [9.17, 15) is 4.79 Å². The van der Waals surface area contributed by atoms with E-state index in [2.05, 4.69) is 24.1 Å². The van der Waals surface area contributed by atoms with Gasteiger partial charge in [-0.15, -0.1) is 0 Å². The lowest BCUT2D eigenvalue weighted by Crippen LogP contribution is -2.48. The highest BCUT2D eigenvalue weighted by Gasteiger charge is 2.23. The molecule has 1 saturated heterocycles. The summed E-state index contributed by atoms with van der Waals surface area (Å²) in [5, 5.41) is 3.92. The molecule has 1 aromatic rings. The van der Waals surface area contributed by atoms with Crippen LogP contribution < -0.4 is 5.32 Å². The second-order valence-electron chi connectivity index (χ2n) is 5.34. The molecule has 1 heterocycles. The quantitative estimate of drug-likeness (QED) is 0.908. The van der Waals surface area contributed by atoms with Crippen LogP contribution in [0.2, 0.25) is 5.02 Å². The molecule has 0 aromatic heterocycles. The number of rotatable bonds is 5. The van der Waals surface area contributed by atoms with Crippen molar-refractivity contribution >= 4 is 23.2 Å². The predicted octanol–water partition coefficient (Wildman–Crippen LogP) is 2.94. The normalized spacial score (nSPS) is 16.0. The molecule has 1 aliphatic heterocycles. The number of anilines is 1. The molecule has 2 rings (SSSR count). The molecule has 0 spiro atoms. The van der Waals surface area contributed by atoms with Crippen molar-refractivity contribution in [2.24, 2.45) is 0 Å². The monoisotopic (exact) mass is 309 g/mol. The Bertz CT molecular complexity index is 484. The van der Waals surface area contributed by atoms with Gasteiger partial charge in [-0.3, -0.25) is 4.79 Å². The molecule has 0 atom stereocenters. The Balaban J connectivity index is 2.12. The number of nitrogens with one attached hydrogen (secondary N) is 1. The van der Waals surface area contributed by atoms with Crippen LogP contribution in [0.1, 0.15) is 30.6 Å². The highest BCUT2D eigenvalue weighted by Crippen LogP contribution is 2.23. The lowest BCUT2D eigenvalue weighted by Gasteiger charge is -2.34. The van der Waals surface area contributed by atoms with Crippen molar-refractivity contribution in [2.75, 3.05) is 44.6 Å². The fraction of sp³-hybridized carbons (Fsp3) is 0.562. The second kappa shape index (κ2) is 7.66. The molecule has 1 amide bonds. The highest BCUT2D eigenvalue weighted by atomic mass is 35.5. The molecule has 1 aliphatic rings. The van der Waals surface area contributed by atoms with Gasteiger partial charge in [0.05, 0.1) is 5.56 Å². The standard InChI is InChI=1S/C16H24ClN3O/c1-3-7-18-15-6-5-13(17)12-14(15)16(21)20-10-8-19(4-2)9-11-20/h5-6,12,18H,3-4,7-11H2,1-2H3. The summed E-state index contributed by atoms with van der Waals surface area (Å²) in [5.74, 6) is 0.0758. The Hall–Kier alpha value is -1.26. The molecule has 0 radical (unpaired) electrons. The van der Waals surface area contributed by atoms with Crippen LogP contribution in [-0.2, 0) is 0 Å². The largest absolute Gasteiger partial charge is 0.384 e. The van der Waals surface area contributed by atoms with Crippen molar-refractivity contribution in [3.05, 3.63) is 28.8 Å². The average Bonchev–Trinajstić information content (AvgIpc) is 2.53. The van der Waals surface area contributed by atoms with Gasteiger partial charge in [-0.05, 0) is 31.2 Å². The van der Waals surface area contributed by atoms with Crippen LogP contribution in [0.3, 0.4) is 0 Å². The zero-order valence-electron chi connectivity index (χ0n) is 12.9. The Morgan fingerprint density at radius 1 is 1.24 bits per heavy atom. The molecule has 0 aliphatic carbocycles. The van der Waals surface area contributed by atoms with Crippen molar-refractivity contribution < 1.29 is 4.79 Å². The fourth-order valence-electron chi connectivity index (χ4n) is 2.54. The number of benzene rings is 1. The van der Waals surface area contributed by atoms with E-state index in [4.69, 9.17) is 11.6 Å². The first-order chi connectivity index (χ1) is 10.2. The third-order valence-electron chi connectivity index (χ3n) is 3.88. The van der Waals surface area contributed by atoms with Gasteiger partial charge in [-0.25, -0.2) is 0 Å². The number of hydrogen-bond acceptors (Lipinski definition) is 3. The van der Waals surface area contributed by atoms with Crippen molar-refractivity contribution in [2.45, 2.75) is 20.3 Å². The molecule has 1 N–H and O–H groups in total. The van der Waals surface area contributed by atoms with Gasteiger partial charge in [0.15, 0.2) is 0 Å². The van der Waals surface area contributed by atoms with Crippen LogP contribution in [0.15, 0.2) is 18.2 Å². The SMILES string of the molecule is CCCNc1ccc(Cl)cc1C(=O)N1CCN(CC)CC1. The Kier molecular flexibility index (Phi) is 5.88.